The number of nitrogens with one attached hydrogen (secondary N) is 1. The number of aryl methyl sites for hydroxylation is 1. The molecule has 0 heterocycles. The average Bonchev–Trinajstić information content (AvgIpc) is 2.87. The van der Waals surface area contributed by atoms with Crippen LogP contribution < -0.4 is 5.32 Å². The Bertz CT molecular complexity index is 481. The summed E-state index contributed by atoms with van der Waals surface area (Å²) in [5, 5.41) is 3.33. The van der Waals surface area contributed by atoms with Crippen molar-refractivity contribution in [2.24, 2.45) is 5.92 Å². The minimum absolute atomic E-state index is 0.653. The molecular weight excluding hydrogens is 398 g/mol. The molecule has 1 aliphatic carbocycles. The van der Waals surface area contributed by atoms with Crippen LogP contribution in [0.1, 0.15) is 151 Å². The zero-order valence-electron chi connectivity index (χ0n) is 25.4. The summed E-state index contributed by atoms with van der Waals surface area (Å²) < 4.78 is 0. The van der Waals surface area contributed by atoms with Gasteiger partial charge in [-0.05, 0) is 51.0 Å². The van der Waals surface area contributed by atoms with E-state index in [0.717, 1.165) is 12.5 Å². The Hall–Kier alpha value is -1.24. The molecule has 1 aromatic rings. The first-order chi connectivity index (χ1) is 15.9. The summed E-state index contributed by atoms with van der Waals surface area (Å²) >= 11 is 0. The highest BCUT2D eigenvalue weighted by atomic mass is 14.9. The van der Waals surface area contributed by atoms with Gasteiger partial charge in [-0.2, -0.15) is 0 Å². The Morgan fingerprint density at radius 3 is 1.82 bits per heavy atom. The first-order valence-electron chi connectivity index (χ1n) is 14.4. The van der Waals surface area contributed by atoms with E-state index in [1.165, 1.54) is 68.2 Å². The maximum atomic E-state index is 3.33. The van der Waals surface area contributed by atoms with Crippen molar-refractivity contribution in [3.05, 3.63) is 47.2 Å². The van der Waals surface area contributed by atoms with Gasteiger partial charge in [0.2, 0.25) is 0 Å². The van der Waals surface area contributed by atoms with Gasteiger partial charge in [-0.15, -0.1) is 0 Å². The van der Waals surface area contributed by atoms with E-state index in [4.69, 9.17) is 0 Å². The van der Waals surface area contributed by atoms with Crippen molar-refractivity contribution in [3.63, 3.8) is 0 Å². The second kappa shape index (κ2) is 32.9. The predicted molar refractivity (Wildman–Crippen MR) is 159 cm³/mol. The second-order valence-electron chi connectivity index (χ2n) is 8.26. The van der Waals surface area contributed by atoms with Crippen LogP contribution in [0.4, 0.5) is 0 Å². The molecule has 0 spiro atoms. The zero-order chi connectivity index (χ0) is 26.5. The van der Waals surface area contributed by atoms with Gasteiger partial charge in [0.25, 0.3) is 0 Å². The molecule has 0 bridgehead atoms. The summed E-state index contributed by atoms with van der Waals surface area (Å²) in [4.78, 5) is 0. The van der Waals surface area contributed by atoms with Gasteiger partial charge in [-0.3, -0.25) is 0 Å². The van der Waals surface area contributed by atoms with Gasteiger partial charge >= 0.3 is 0 Å². The molecule has 33 heavy (non-hydrogen) atoms. The Morgan fingerprint density at radius 1 is 0.970 bits per heavy atom. The topological polar surface area (TPSA) is 12.0 Å². The summed E-state index contributed by atoms with van der Waals surface area (Å²) in [5.74, 6) is 1.69. The fraction of sp³-hybridized carbons (Fsp3) is 0.750. The van der Waals surface area contributed by atoms with Crippen LogP contribution in [0.2, 0.25) is 0 Å². The maximum absolute atomic E-state index is 3.33. The molecule has 1 aromatic carbocycles. The summed E-state index contributed by atoms with van der Waals surface area (Å²) in [6.07, 6.45) is 13.4. The maximum Gasteiger partial charge on any atom is 0.0115 e. The molecular formula is C32H65N. The van der Waals surface area contributed by atoms with Gasteiger partial charge in [-0.25, -0.2) is 0 Å². The third-order valence-electron chi connectivity index (χ3n) is 5.15. The molecule has 0 saturated heterocycles. The van der Waals surface area contributed by atoms with Crippen molar-refractivity contribution in [3.8, 4) is 0 Å². The van der Waals surface area contributed by atoms with Crippen molar-refractivity contribution in [1.29, 1.82) is 0 Å². The lowest BCUT2D eigenvalue weighted by Crippen LogP contribution is -2.11. The molecule has 2 rings (SSSR count). The standard InChI is InChI=1S/C10H14.C9H19N.C7H14.3C2H6/c1-8(2)10-6-4-5-9(3)7-10;1-4-7-8-9(5-2)10-6-3;1-7-5-3-2-4-6-7;3*1-2/h4-8H,1-3H3;5,10H,4,6-8H2,1-3H3;7H,2-6H2,1H3;3*1-2H3/b;9-5-;;;;. The van der Waals surface area contributed by atoms with E-state index in [-0.39, 0.29) is 0 Å². The number of hydrogen-bond donors (Lipinski definition) is 1. The first-order valence-corrected chi connectivity index (χ1v) is 14.4. The van der Waals surface area contributed by atoms with Gasteiger partial charge in [0, 0.05) is 12.2 Å². The molecule has 0 aromatic heterocycles. The molecule has 1 fully saturated rings. The lowest BCUT2D eigenvalue weighted by molar-refractivity contribution is 0.385. The van der Waals surface area contributed by atoms with Crippen LogP contribution in [0.25, 0.3) is 0 Å². The third kappa shape index (κ3) is 28.7. The Labute approximate surface area is 212 Å². The largest absolute Gasteiger partial charge is 0.389 e. The summed E-state index contributed by atoms with van der Waals surface area (Å²) in [6.45, 7) is 28.4. The van der Waals surface area contributed by atoms with E-state index in [1.807, 2.05) is 41.5 Å². The van der Waals surface area contributed by atoms with Crippen molar-refractivity contribution in [2.75, 3.05) is 6.54 Å². The number of allylic oxidation sites excluding steroid dienone is 2. The molecule has 1 heteroatoms. The van der Waals surface area contributed by atoms with Crippen molar-refractivity contribution < 1.29 is 0 Å². The Balaban J connectivity index is -0.000000173. The van der Waals surface area contributed by atoms with Crippen LogP contribution in [-0.2, 0) is 0 Å². The van der Waals surface area contributed by atoms with Crippen LogP contribution in [-0.4, -0.2) is 6.54 Å². The molecule has 0 aliphatic heterocycles. The van der Waals surface area contributed by atoms with E-state index >= 15 is 0 Å². The normalized spacial score (nSPS) is 12.6. The van der Waals surface area contributed by atoms with Crippen LogP contribution in [0, 0.1) is 12.8 Å². The molecule has 1 aliphatic rings. The molecule has 0 amide bonds. The molecule has 1 nitrogen and oxygen atoms in total. The SMILES string of the molecule is C/C=C(/CCCC)NCC.CC.CC.CC.CC1CCCCC1.Cc1cccc(C(C)C)c1. The number of rotatable bonds is 6. The fourth-order valence-electron chi connectivity index (χ4n) is 3.27. The van der Waals surface area contributed by atoms with Crippen LogP contribution in [0.5, 0.6) is 0 Å². The molecule has 0 unspecified atom stereocenters. The van der Waals surface area contributed by atoms with E-state index in [1.54, 1.807) is 0 Å². The molecule has 1 saturated carbocycles. The van der Waals surface area contributed by atoms with Crippen LogP contribution in [0.3, 0.4) is 0 Å². The highest BCUT2D eigenvalue weighted by Crippen LogP contribution is 2.22. The predicted octanol–water partition coefficient (Wildman–Crippen LogP) is 11.5. The number of hydrogen-bond acceptors (Lipinski definition) is 1. The highest BCUT2D eigenvalue weighted by molar-refractivity contribution is 5.24. The Morgan fingerprint density at radius 2 is 1.52 bits per heavy atom. The minimum atomic E-state index is 0.653. The van der Waals surface area contributed by atoms with Gasteiger partial charge in [-0.1, -0.05) is 144 Å². The van der Waals surface area contributed by atoms with Crippen molar-refractivity contribution >= 4 is 0 Å². The quantitative estimate of drug-likeness (QED) is 0.442. The van der Waals surface area contributed by atoms with E-state index in [0.29, 0.717) is 5.92 Å². The van der Waals surface area contributed by atoms with Gasteiger partial charge < -0.3 is 5.32 Å². The summed E-state index contributed by atoms with van der Waals surface area (Å²) in [7, 11) is 0. The monoisotopic (exact) mass is 464 g/mol. The summed E-state index contributed by atoms with van der Waals surface area (Å²) in [5.41, 5.74) is 4.18. The van der Waals surface area contributed by atoms with Gasteiger partial charge in [0.15, 0.2) is 0 Å². The van der Waals surface area contributed by atoms with Crippen molar-refractivity contribution in [2.45, 2.75) is 147 Å². The molecule has 0 radical (unpaired) electrons. The average molecular weight is 464 g/mol. The van der Waals surface area contributed by atoms with Crippen LogP contribution >= 0.6 is 0 Å². The molecule has 0 atom stereocenters. The first kappa shape index (κ1) is 39.0. The van der Waals surface area contributed by atoms with Crippen LogP contribution in [0.15, 0.2) is 36.0 Å². The van der Waals surface area contributed by atoms with E-state index in [2.05, 4.69) is 84.1 Å². The zero-order valence-corrected chi connectivity index (χ0v) is 25.4. The highest BCUT2D eigenvalue weighted by Gasteiger charge is 2.06. The van der Waals surface area contributed by atoms with E-state index < -0.39 is 0 Å². The fourth-order valence-corrected chi connectivity index (χ4v) is 3.27. The van der Waals surface area contributed by atoms with Gasteiger partial charge in [0.1, 0.15) is 0 Å². The minimum Gasteiger partial charge on any atom is -0.389 e. The number of unbranched alkanes of at least 4 members (excludes halogenated alkanes) is 1. The lowest BCUT2D eigenvalue weighted by atomic mass is 9.91. The third-order valence-corrected chi connectivity index (χ3v) is 5.15. The van der Waals surface area contributed by atoms with E-state index in [9.17, 15) is 0 Å². The molecule has 1 N–H and O–H groups in total. The smallest absolute Gasteiger partial charge is 0.0115 e. The molecule has 198 valence electrons. The summed E-state index contributed by atoms with van der Waals surface area (Å²) in [6, 6.07) is 8.67. The lowest BCUT2D eigenvalue weighted by Gasteiger charge is -2.15. The van der Waals surface area contributed by atoms with Gasteiger partial charge in [0.05, 0.1) is 0 Å². The second-order valence-corrected chi connectivity index (χ2v) is 8.26. The number of benzene rings is 1. The van der Waals surface area contributed by atoms with Crippen molar-refractivity contribution in [1.82, 2.24) is 5.32 Å². The Kier molecular flexibility index (Phi) is 38.9.